The van der Waals surface area contributed by atoms with Crippen LogP contribution in [0.25, 0.3) is 0 Å². The number of aliphatic carboxylic acids is 1. The third kappa shape index (κ3) is 6.06. The van der Waals surface area contributed by atoms with E-state index in [0.29, 0.717) is 24.5 Å². The predicted molar refractivity (Wildman–Crippen MR) is 137 cm³/mol. The molecule has 1 atom stereocenters. The first kappa shape index (κ1) is 26.5. The smallest absolute Gasteiger partial charge is 0.410 e. The van der Waals surface area contributed by atoms with Crippen molar-refractivity contribution in [1.29, 1.82) is 0 Å². The summed E-state index contributed by atoms with van der Waals surface area (Å²) in [4.78, 5) is 25.3. The Morgan fingerprint density at radius 2 is 1.70 bits per heavy atom. The van der Waals surface area contributed by atoms with Crippen LogP contribution in [0.1, 0.15) is 31.1 Å². The summed E-state index contributed by atoms with van der Waals surface area (Å²) in [5.74, 6) is -0.883. The van der Waals surface area contributed by atoms with Gasteiger partial charge in [-0.2, -0.15) is 0 Å². The summed E-state index contributed by atoms with van der Waals surface area (Å²) in [7, 11) is -3.78. The first-order valence-electron chi connectivity index (χ1n) is 11.5. The molecule has 1 unspecified atom stereocenters. The molecule has 3 aromatic rings. The topological polar surface area (TPSA) is 110 Å². The largest absolute Gasteiger partial charge is 0.478 e. The van der Waals surface area contributed by atoms with Crippen LogP contribution in [-0.2, 0) is 25.8 Å². The number of carboxylic acid groups (broad SMARTS) is 1. The van der Waals surface area contributed by atoms with Gasteiger partial charge in [-0.25, -0.2) is 18.0 Å². The fourth-order valence-corrected chi connectivity index (χ4v) is 5.29. The molecule has 37 heavy (non-hydrogen) atoms. The van der Waals surface area contributed by atoms with Crippen LogP contribution in [-0.4, -0.2) is 49.2 Å². The van der Waals surface area contributed by atoms with Crippen LogP contribution < -0.4 is 4.74 Å². The number of sulfone groups is 1. The van der Waals surface area contributed by atoms with Crippen molar-refractivity contribution in [3.8, 4) is 5.75 Å². The van der Waals surface area contributed by atoms with Crippen molar-refractivity contribution in [2.24, 2.45) is 0 Å². The molecule has 1 fully saturated rings. The highest BCUT2D eigenvalue weighted by atomic mass is 35.5. The summed E-state index contributed by atoms with van der Waals surface area (Å²) in [6, 6.07) is 19.3. The second-order valence-electron chi connectivity index (χ2n) is 9.16. The number of ether oxygens (including phenoxy) is 2. The lowest BCUT2D eigenvalue weighted by Gasteiger charge is -2.21. The molecule has 0 aliphatic carbocycles. The molecule has 0 spiro atoms. The van der Waals surface area contributed by atoms with Crippen molar-refractivity contribution in [1.82, 2.24) is 4.90 Å². The van der Waals surface area contributed by atoms with Crippen LogP contribution >= 0.6 is 11.6 Å². The van der Waals surface area contributed by atoms with Crippen molar-refractivity contribution in [2.45, 2.75) is 41.8 Å². The summed E-state index contributed by atoms with van der Waals surface area (Å²) in [6.45, 7) is 3.66. The molecular formula is C27H26ClNO7S. The van der Waals surface area contributed by atoms with Crippen molar-refractivity contribution in [3.05, 3.63) is 88.9 Å². The van der Waals surface area contributed by atoms with E-state index in [-0.39, 0.29) is 21.6 Å². The van der Waals surface area contributed by atoms with Crippen LogP contribution in [0, 0.1) is 0 Å². The van der Waals surface area contributed by atoms with E-state index in [2.05, 4.69) is 0 Å². The molecule has 0 bridgehead atoms. The Kier molecular flexibility index (Phi) is 7.47. The summed E-state index contributed by atoms with van der Waals surface area (Å²) in [6.07, 6.45) is -0.252. The number of nitrogens with zero attached hydrogens (tertiary/aromatic N) is 1. The molecule has 1 saturated heterocycles. The molecule has 4 rings (SSSR count). The van der Waals surface area contributed by atoms with Gasteiger partial charge in [0.15, 0.2) is 5.60 Å². The fraction of sp³-hybridized carbons (Fsp3) is 0.259. The Labute approximate surface area is 220 Å². The molecule has 0 aromatic heterocycles. The van der Waals surface area contributed by atoms with Gasteiger partial charge in [-0.05, 0) is 79.9 Å². The number of hydrogen-bond donors (Lipinski definition) is 1. The van der Waals surface area contributed by atoms with Gasteiger partial charge in [0.25, 0.3) is 0 Å². The highest BCUT2D eigenvalue weighted by Crippen LogP contribution is 2.29. The molecule has 1 amide bonds. The maximum Gasteiger partial charge on any atom is 0.410 e. The molecule has 3 aromatic carbocycles. The molecule has 0 saturated carbocycles. The molecular weight excluding hydrogens is 518 g/mol. The van der Waals surface area contributed by atoms with Crippen LogP contribution in [0.5, 0.6) is 5.75 Å². The molecule has 10 heteroatoms. The third-order valence-corrected chi connectivity index (χ3v) is 8.05. The van der Waals surface area contributed by atoms with Gasteiger partial charge in [0, 0.05) is 11.6 Å². The predicted octanol–water partition coefficient (Wildman–Crippen LogP) is 5.15. The molecule has 194 valence electrons. The van der Waals surface area contributed by atoms with Crippen LogP contribution in [0.3, 0.4) is 0 Å². The van der Waals surface area contributed by atoms with Crippen LogP contribution in [0.4, 0.5) is 4.79 Å². The minimum atomic E-state index is -3.78. The van der Waals surface area contributed by atoms with Crippen molar-refractivity contribution in [2.75, 3.05) is 13.1 Å². The number of amides is 1. The van der Waals surface area contributed by atoms with Gasteiger partial charge in [0.1, 0.15) is 11.9 Å². The lowest BCUT2D eigenvalue weighted by Crippen LogP contribution is -2.37. The van der Waals surface area contributed by atoms with E-state index in [1.807, 2.05) is 12.1 Å². The van der Waals surface area contributed by atoms with Crippen molar-refractivity contribution >= 4 is 33.5 Å². The van der Waals surface area contributed by atoms with Gasteiger partial charge in [-0.15, -0.1) is 0 Å². The summed E-state index contributed by atoms with van der Waals surface area (Å²) < 4.78 is 37.0. The monoisotopic (exact) mass is 543 g/mol. The number of carbonyl (C=O) groups excluding carboxylic acids is 1. The van der Waals surface area contributed by atoms with Crippen LogP contribution in [0.2, 0.25) is 5.02 Å². The van der Waals surface area contributed by atoms with E-state index in [1.165, 1.54) is 50.2 Å². The standard InChI is InChI=1S/C27H26ClNO7S/c1-27(2,25(30)31)36-21-8-12-23(13-9-21)37(33,34)22-10-6-18(7-11-22)14-15-29-17-24(35-26(29)32)19-4-3-5-20(28)16-19/h3-13,16,24H,14-15,17H2,1-2H3,(H,30,31). The maximum absolute atomic E-state index is 13.0. The van der Waals surface area contributed by atoms with Gasteiger partial charge in [0.05, 0.1) is 16.3 Å². The van der Waals surface area contributed by atoms with E-state index < -0.39 is 27.5 Å². The van der Waals surface area contributed by atoms with Gasteiger partial charge < -0.3 is 19.5 Å². The average Bonchev–Trinajstić information content (AvgIpc) is 3.23. The van der Waals surface area contributed by atoms with Crippen molar-refractivity contribution in [3.63, 3.8) is 0 Å². The summed E-state index contributed by atoms with van der Waals surface area (Å²) in [5.41, 5.74) is 0.263. The van der Waals surface area contributed by atoms with E-state index in [0.717, 1.165) is 11.1 Å². The highest BCUT2D eigenvalue weighted by Gasteiger charge is 2.32. The third-order valence-electron chi connectivity index (χ3n) is 6.03. The molecule has 0 radical (unpaired) electrons. The van der Waals surface area contributed by atoms with E-state index in [1.54, 1.807) is 29.2 Å². The van der Waals surface area contributed by atoms with Gasteiger partial charge >= 0.3 is 12.1 Å². The zero-order chi connectivity index (χ0) is 26.8. The Morgan fingerprint density at radius 3 is 2.30 bits per heavy atom. The van der Waals surface area contributed by atoms with Gasteiger partial charge in [-0.1, -0.05) is 35.9 Å². The first-order chi connectivity index (χ1) is 17.5. The first-order valence-corrected chi connectivity index (χ1v) is 13.4. The Morgan fingerprint density at radius 1 is 1.08 bits per heavy atom. The quantitative estimate of drug-likeness (QED) is 0.397. The molecule has 1 heterocycles. The fourth-order valence-electron chi connectivity index (χ4n) is 3.83. The van der Waals surface area contributed by atoms with Crippen molar-refractivity contribution < 1.29 is 32.6 Å². The number of rotatable bonds is 9. The second-order valence-corrected chi connectivity index (χ2v) is 11.5. The summed E-state index contributed by atoms with van der Waals surface area (Å²) >= 11 is 6.04. The zero-order valence-electron chi connectivity index (χ0n) is 20.3. The van der Waals surface area contributed by atoms with Crippen LogP contribution in [0.15, 0.2) is 82.6 Å². The number of carbonyl (C=O) groups is 2. The highest BCUT2D eigenvalue weighted by molar-refractivity contribution is 7.91. The number of hydrogen-bond acceptors (Lipinski definition) is 6. The SMILES string of the molecule is CC(C)(Oc1ccc(S(=O)(=O)c2ccc(CCN3CC(c4cccc(Cl)c4)OC3=O)cc2)cc1)C(=O)O. The zero-order valence-corrected chi connectivity index (χ0v) is 21.8. The number of benzene rings is 3. The minimum Gasteiger partial charge on any atom is -0.478 e. The Balaban J connectivity index is 1.38. The molecule has 8 nitrogen and oxygen atoms in total. The second kappa shape index (κ2) is 10.4. The van der Waals surface area contributed by atoms with Gasteiger partial charge in [0.2, 0.25) is 9.84 Å². The van der Waals surface area contributed by atoms with E-state index >= 15 is 0 Å². The Hall–Kier alpha value is -3.56. The molecule has 1 aliphatic rings. The lowest BCUT2D eigenvalue weighted by molar-refractivity contribution is -0.152. The number of carboxylic acids is 1. The summed E-state index contributed by atoms with van der Waals surface area (Å²) in [5, 5.41) is 9.76. The normalized spacial score (nSPS) is 15.9. The Bertz CT molecular complexity index is 1400. The maximum atomic E-state index is 13.0. The number of cyclic esters (lactones) is 1. The molecule has 1 N–H and O–H groups in total. The number of halogens is 1. The van der Waals surface area contributed by atoms with E-state index in [9.17, 15) is 23.1 Å². The average molecular weight is 544 g/mol. The van der Waals surface area contributed by atoms with E-state index in [4.69, 9.17) is 21.1 Å². The minimum absolute atomic E-state index is 0.0626. The lowest BCUT2D eigenvalue weighted by atomic mass is 10.1. The van der Waals surface area contributed by atoms with Gasteiger partial charge in [-0.3, -0.25) is 0 Å². The molecule has 1 aliphatic heterocycles.